The van der Waals surface area contributed by atoms with E-state index in [0.29, 0.717) is 23.7 Å². The molecule has 0 aromatic carbocycles. The summed E-state index contributed by atoms with van der Waals surface area (Å²) in [6.07, 6.45) is 9.71. The van der Waals surface area contributed by atoms with Crippen LogP contribution >= 0.6 is 0 Å². The Bertz CT molecular complexity index is 1420. The summed E-state index contributed by atoms with van der Waals surface area (Å²) in [7, 11) is 1.36. The molecule has 0 bridgehead atoms. The first-order valence-electron chi connectivity index (χ1n) is 19.8. The minimum Gasteiger partial charge on any atom is -0.481 e. The van der Waals surface area contributed by atoms with E-state index in [4.69, 9.17) is 9.47 Å². The maximum absolute atomic E-state index is 13.7. The van der Waals surface area contributed by atoms with E-state index in [1.165, 1.54) is 12.7 Å². The first-order valence-corrected chi connectivity index (χ1v) is 19.8. The molecule has 51 heavy (non-hydrogen) atoms. The predicted octanol–water partition coefficient (Wildman–Crippen LogP) is 8.31. The summed E-state index contributed by atoms with van der Waals surface area (Å²) in [5.41, 5.74) is -0.269. The summed E-state index contributed by atoms with van der Waals surface area (Å²) >= 11 is 0. The Labute approximate surface area is 307 Å². The van der Waals surface area contributed by atoms with E-state index in [0.717, 1.165) is 64.2 Å². The van der Waals surface area contributed by atoms with Gasteiger partial charge in [0, 0.05) is 11.0 Å². The highest BCUT2D eigenvalue weighted by molar-refractivity contribution is 5.84. The third-order valence-electron chi connectivity index (χ3n) is 16.2. The van der Waals surface area contributed by atoms with Gasteiger partial charge < -0.3 is 25.2 Å². The van der Waals surface area contributed by atoms with E-state index in [-0.39, 0.29) is 57.6 Å². The number of aliphatic carboxylic acids is 1. The standard InChI is InChI=1S/C42H68N2O7/c1-24(2)26-15-20-42(44-36(49)43-33(25(3)4)34(46)50-12)22-21-40(10)27(32(26)42)13-14-29-39(9)18-17-30(51-31(45)23-37(5,6)35(47)48)38(7,8)28(39)16-19-41(29,40)11/h25-30,32-33H,1,13-23H2,2-12H3,(H,47,48)(H2,43,44,49)/t26-,27+,28-,29+,30-,32+,33+,39-,40+,41+,42-/m0/s1. The number of ether oxygens (including phenoxy) is 2. The second kappa shape index (κ2) is 13.4. The van der Waals surface area contributed by atoms with Gasteiger partial charge in [-0.1, -0.05) is 60.6 Å². The van der Waals surface area contributed by atoms with Crippen molar-refractivity contribution in [2.75, 3.05) is 7.11 Å². The lowest BCUT2D eigenvalue weighted by Crippen LogP contribution is -2.69. The van der Waals surface area contributed by atoms with Gasteiger partial charge in [-0.15, -0.1) is 0 Å². The Morgan fingerprint density at radius 3 is 2.14 bits per heavy atom. The zero-order valence-electron chi connectivity index (χ0n) is 33.5. The normalized spacial score (nSPS) is 40.4. The summed E-state index contributed by atoms with van der Waals surface area (Å²) in [4.78, 5) is 51.1. The molecule has 9 nitrogen and oxygen atoms in total. The number of nitrogens with one attached hydrogen (secondary N) is 2. The van der Waals surface area contributed by atoms with Crippen molar-refractivity contribution in [2.24, 2.45) is 62.6 Å². The van der Waals surface area contributed by atoms with Gasteiger partial charge in [0.1, 0.15) is 12.1 Å². The Morgan fingerprint density at radius 1 is 0.882 bits per heavy atom. The quantitative estimate of drug-likeness (QED) is 0.162. The van der Waals surface area contributed by atoms with Gasteiger partial charge in [0.25, 0.3) is 0 Å². The van der Waals surface area contributed by atoms with Crippen LogP contribution in [0.3, 0.4) is 0 Å². The lowest BCUT2D eigenvalue weighted by Gasteiger charge is -2.73. The third kappa shape index (κ3) is 6.32. The second-order valence-corrected chi connectivity index (χ2v) is 19.9. The monoisotopic (exact) mass is 713 g/mol. The van der Waals surface area contributed by atoms with Crippen LogP contribution in [0, 0.1) is 62.6 Å². The van der Waals surface area contributed by atoms with E-state index < -0.39 is 29.4 Å². The number of amides is 2. The van der Waals surface area contributed by atoms with Gasteiger partial charge in [0.05, 0.1) is 18.9 Å². The molecular formula is C42H68N2O7. The number of allylic oxidation sites excluding steroid dienone is 1. The molecule has 0 unspecified atom stereocenters. The van der Waals surface area contributed by atoms with Crippen LogP contribution in [0.4, 0.5) is 4.79 Å². The highest BCUT2D eigenvalue weighted by Gasteiger charge is 2.71. The van der Waals surface area contributed by atoms with Crippen LogP contribution in [0.2, 0.25) is 0 Å². The smallest absolute Gasteiger partial charge is 0.328 e. The Kier molecular flexibility index (Phi) is 10.4. The first kappa shape index (κ1) is 39.6. The molecule has 0 spiro atoms. The number of carboxylic acids is 1. The third-order valence-corrected chi connectivity index (χ3v) is 16.2. The van der Waals surface area contributed by atoms with Gasteiger partial charge in [-0.05, 0) is 137 Å². The summed E-state index contributed by atoms with van der Waals surface area (Å²) < 4.78 is 11.2. The molecule has 5 fully saturated rings. The topological polar surface area (TPSA) is 131 Å². The molecule has 0 heterocycles. The molecule has 0 aromatic heterocycles. The van der Waals surface area contributed by atoms with Gasteiger partial charge in [-0.3, -0.25) is 9.59 Å². The van der Waals surface area contributed by atoms with Crippen molar-refractivity contribution in [3.05, 3.63) is 12.2 Å². The summed E-state index contributed by atoms with van der Waals surface area (Å²) in [6, 6.07) is -0.990. The molecule has 5 saturated carbocycles. The fraction of sp³-hybridized carbons (Fsp3) is 0.857. The van der Waals surface area contributed by atoms with Gasteiger partial charge in [0.15, 0.2) is 0 Å². The first-order chi connectivity index (χ1) is 23.5. The minimum absolute atomic E-state index is 0.0800. The number of carbonyl (C=O) groups is 4. The Morgan fingerprint density at radius 2 is 1.55 bits per heavy atom. The van der Waals surface area contributed by atoms with E-state index in [1.54, 1.807) is 13.8 Å². The number of carbonyl (C=O) groups excluding carboxylic acids is 3. The van der Waals surface area contributed by atoms with Crippen LogP contribution in [0.15, 0.2) is 12.2 Å². The van der Waals surface area contributed by atoms with Crippen LogP contribution in [-0.2, 0) is 23.9 Å². The number of rotatable bonds is 9. The zero-order valence-corrected chi connectivity index (χ0v) is 33.5. The number of hydrogen-bond donors (Lipinski definition) is 3. The van der Waals surface area contributed by atoms with E-state index in [2.05, 4.69) is 58.8 Å². The van der Waals surface area contributed by atoms with Crippen LogP contribution in [-0.4, -0.2) is 53.8 Å². The highest BCUT2D eigenvalue weighted by Crippen LogP contribution is 2.76. The number of fused-ring (bicyclic) bond motifs is 7. The maximum atomic E-state index is 13.7. The van der Waals surface area contributed by atoms with Crippen molar-refractivity contribution in [1.29, 1.82) is 0 Å². The van der Waals surface area contributed by atoms with Crippen LogP contribution < -0.4 is 10.6 Å². The van der Waals surface area contributed by atoms with Crippen molar-refractivity contribution in [1.82, 2.24) is 10.6 Å². The second-order valence-electron chi connectivity index (χ2n) is 19.9. The molecule has 288 valence electrons. The molecule has 5 aliphatic carbocycles. The predicted molar refractivity (Wildman–Crippen MR) is 197 cm³/mol. The van der Waals surface area contributed by atoms with Gasteiger partial charge in [-0.2, -0.15) is 0 Å². The highest BCUT2D eigenvalue weighted by atomic mass is 16.5. The molecule has 5 aliphatic rings. The van der Waals surface area contributed by atoms with E-state index in [1.807, 2.05) is 13.8 Å². The van der Waals surface area contributed by atoms with Crippen molar-refractivity contribution < 1.29 is 33.8 Å². The summed E-state index contributed by atoms with van der Waals surface area (Å²) in [6.45, 7) is 25.9. The Balaban J connectivity index is 1.40. The summed E-state index contributed by atoms with van der Waals surface area (Å²) in [5, 5.41) is 16.1. The molecule has 3 N–H and O–H groups in total. The number of hydrogen-bond acceptors (Lipinski definition) is 6. The SMILES string of the molecule is C=C(C)[C@@H]1CC[C@]2(NC(=O)N[C@@H](C(=O)OC)C(C)C)CC[C@]3(C)[C@H](CC[C@@H]4[C@@]5(C)CC[C@H](OC(=O)CC(C)(C)C(=O)O)C(C)(C)[C@@H]5CC[C@]43C)[C@@H]12. The molecule has 2 amide bonds. The lowest BCUT2D eigenvalue weighted by molar-refractivity contribution is -0.246. The molecule has 0 saturated heterocycles. The fourth-order valence-corrected chi connectivity index (χ4v) is 13.2. The van der Waals surface area contributed by atoms with Crippen LogP contribution in [0.1, 0.15) is 140 Å². The van der Waals surface area contributed by atoms with Gasteiger partial charge in [-0.25, -0.2) is 9.59 Å². The molecule has 5 rings (SSSR count). The average molecular weight is 713 g/mol. The molecular weight excluding hydrogens is 644 g/mol. The Hall–Kier alpha value is -2.58. The van der Waals surface area contributed by atoms with Crippen LogP contribution in [0.5, 0.6) is 0 Å². The van der Waals surface area contributed by atoms with Crippen molar-refractivity contribution in [2.45, 2.75) is 158 Å². The largest absolute Gasteiger partial charge is 0.481 e. The average Bonchev–Trinajstić information content (AvgIpc) is 3.40. The number of carboxylic acid groups (broad SMARTS) is 1. The van der Waals surface area contributed by atoms with Gasteiger partial charge in [0.2, 0.25) is 0 Å². The fourth-order valence-electron chi connectivity index (χ4n) is 13.2. The van der Waals surface area contributed by atoms with Gasteiger partial charge >= 0.3 is 23.9 Å². The van der Waals surface area contributed by atoms with Crippen molar-refractivity contribution >= 4 is 23.9 Å². The minimum atomic E-state index is -1.16. The molecule has 9 heteroatoms. The van der Waals surface area contributed by atoms with Crippen molar-refractivity contribution in [3.8, 4) is 0 Å². The zero-order chi connectivity index (χ0) is 38.1. The molecule has 0 aromatic rings. The molecule has 0 aliphatic heterocycles. The number of esters is 2. The molecule has 0 radical (unpaired) electrons. The summed E-state index contributed by atoms with van der Waals surface area (Å²) in [5.74, 6) is 0.0147. The molecule has 11 atom stereocenters. The lowest BCUT2D eigenvalue weighted by atomic mass is 9.32. The van der Waals surface area contributed by atoms with E-state index >= 15 is 0 Å². The van der Waals surface area contributed by atoms with Crippen LogP contribution in [0.25, 0.3) is 0 Å². The number of methoxy groups -OCH3 is 1. The van der Waals surface area contributed by atoms with Crippen molar-refractivity contribution in [3.63, 3.8) is 0 Å². The van der Waals surface area contributed by atoms with E-state index in [9.17, 15) is 24.3 Å². The maximum Gasteiger partial charge on any atom is 0.328 e. The number of urea groups is 1.